The lowest BCUT2D eigenvalue weighted by Gasteiger charge is -2.03. The number of hydrogen-bond donors (Lipinski definition) is 1. The van der Waals surface area contributed by atoms with Gasteiger partial charge in [0.15, 0.2) is 0 Å². The zero-order chi connectivity index (χ0) is 15.4. The molecule has 1 heterocycles. The molecule has 0 aliphatic rings. The van der Waals surface area contributed by atoms with Crippen molar-refractivity contribution in [3.63, 3.8) is 0 Å². The monoisotopic (exact) mass is 320 g/mol. The minimum atomic E-state index is -2.91. The normalized spacial score (nSPS) is 11.7. The van der Waals surface area contributed by atoms with Gasteiger partial charge in [0.25, 0.3) is 6.43 Å². The second-order valence-corrected chi connectivity index (χ2v) is 4.08. The van der Waals surface area contributed by atoms with Gasteiger partial charge in [-0.25, -0.2) is 13.9 Å². The molecule has 0 aliphatic carbocycles. The SMILES string of the molecule is FC(F)Oc1ccc(/C=N\n2c(C(F)F)n[nH]c2=S)cc1. The molecule has 2 rings (SSSR count). The van der Waals surface area contributed by atoms with Crippen molar-refractivity contribution in [3.05, 3.63) is 40.4 Å². The smallest absolute Gasteiger partial charge is 0.387 e. The molecule has 1 N–H and O–H groups in total. The Kier molecular flexibility index (Phi) is 4.68. The van der Waals surface area contributed by atoms with Gasteiger partial charge in [0.1, 0.15) is 5.75 Å². The number of alkyl halides is 4. The third-order valence-corrected chi connectivity index (χ3v) is 2.56. The topological polar surface area (TPSA) is 55.2 Å². The zero-order valence-electron chi connectivity index (χ0n) is 10.2. The van der Waals surface area contributed by atoms with Gasteiger partial charge in [-0.15, -0.1) is 0 Å². The predicted molar refractivity (Wildman–Crippen MR) is 68.4 cm³/mol. The molecule has 0 radical (unpaired) electrons. The minimum Gasteiger partial charge on any atom is -0.435 e. The number of aromatic amines is 1. The Bertz CT molecular complexity index is 680. The first-order valence-corrected chi connectivity index (χ1v) is 5.93. The van der Waals surface area contributed by atoms with Crippen LogP contribution in [0.2, 0.25) is 0 Å². The second kappa shape index (κ2) is 6.48. The van der Waals surface area contributed by atoms with Gasteiger partial charge >= 0.3 is 6.61 Å². The first kappa shape index (κ1) is 15.2. The summed E-state index contributed by atoms with van der Waals surface area (Å²) in [5.41, 5.74) is 0.486. The van der Waals surface area contributed by atoms with Crippen molar-refractivity contribution in [1.82, 2.24) is 14.9 Å². The largest absolute Gasteiger partial charge is 0.435 e. The molecule has 0 saturated heterocycles. The molecular weight excluding hydrogens is 312 g/mol. The quantitative estimate of drug-likeness (QED) is 0.522. The summed E-state index contributed by atoms with van der Waals surface area (Å²) in [6.45, 7) is -2.91. The summed E-state index contributed by atoms with van der Waals surface area (Å²) in [7, 11) is 0. The summed E-state index contributed by atoms with van der Waals surface area (Å²) < 4.78 is 54.1. The lowest BCUT2D eigenvalue weighted by molar-refractivity contribution is -0.0498. The number of hydrogen-bond acceptors (Lipinski definition) is 4. The maximum atomic E-state index is 12.6. The lowest BCUT2D eigenvalue weighted by Crippen LogP contribution is -2.02. The van der Waals surface area contributed by atoms with Crippen LogP contribution in [0.3, 0.4) is 0 Å². The molecule has 0 atom stereocenters. The lowest BCUT2D eigenvalue weighted by atomic mass is 10.2. The van der Waals surface area contributed by atoms with Crippen LogP contribution in [0.25, 0.3) is 0 Å². The van der Waals surface area contributed by atoms with Crippen molar-refractivity contribution < 1.29 is 22.3 Å². The predicted octanol–water partition coefficient (Wildman–Crippen LogP) is 3.36. The van der Waals surface area contributed by atoms with Crippen LogP contribution in [0.1, 0.15) is 17.8 Å². The molecule has 2 aromatic rings. The minimum absolute atomic E-state index is 0.0182. The average Bonchev–Trinajstić information content (AvgIpc) is 2.79. The van der Waals surface area contributed by atoms with Crippen LogP contribution in [0, 0.1) is 4.77 Å². The maximum Gasteiger partial charge on any atom is 0.387 e. The maximum absolute atomic E-state index is 12.6. The van der Waals surface area contributed by atoms with Crippen molar-refractivity contribution in [3.8, 4) is 5.75 Å². The van der Waals surface area contributed by atoms with Gasteiger partial charge in [-0.05, 0) is 42.0 Å². The summed E-state index contributed by atoms with van der Waals surface area (Å²) in [6.07, 6.45) is -1.60. The van der Waals surface area contributed by atoms with E-state index in [9.17, 15) is 17.6 Å². The highest BCUT2D eigenvalue weighted by Crippen LogP contribution is 2.17. The number of nitrogens with one attached hydrogen (secondary N) is 1. The van der Waals surface area contributed by atoms with Crippen LogP contribution in [-0.2, 0) is 0 Å². The third-order valence-electron chi connectivity index (χ3n) is 2.30. The van der Waals surface area contributed by atoms with E-state index in [1.165, 1.54) is 30.5 Å². The highest BCUT2D eigenvalue weighted by molar-refractivity contribution is 7.71. The van der Waals surface area contributed by atoms with Crippen molar-refractivity contribution in [2.75, 3.05) is 0 Å². The number of H-pyrrole nitrogens is 1. The van der Waals surface area contributed by atoms with Gasteiger partial charge in [0.05, 0.1) is 6.21 Å². The number of halogens is 4. The first-order chi connectivity index (χ1) is 9.97. The standard InChI is InChI=1S/C11H8F4N4OS/c12-8(13)9-17-18-11(21)19(9)16-5-6-1-3-7(4-2-6)20-10(14)15/h1-5,8,10H,(H,18,21)/b16-5-. The number of rotatable bonds is 5. The fraction of sp³-hybridized carbons (Fsp3) is 0.182. The molecule has 112 valence electrons. The molecule has 21 heavy (non-hydrogen) atoms. The van der Waals surface area contributed by atoms with E-state index in [-0.39, 0.29) is 10.5 Å². The Balaban J connectivity index is 2.18. The van der Waals surface area contributed by atoms with Gasteiger partial charge in [-0.2, -0.15) is 23.7 Å². The number of ether oxygens (including phenoxy) is 1. The zero-order valence-corrected chi connectivity index (χ0v) is 11.0. The Morgan fingerprint density at radius 3 is 2.48 bits per heavy atom. The van der Waals surface area contributed by atoms with Crippen LogP contribution in [0.5, 0.6) is 5.75 Å². The molecular formula is C11H8F4N4OS. The summed E-state index contributed by atoms with van der Waals surface area (Å²) in [5, 5.41) is 9.33. The molecule has 1 aromatic heterocycles. The van der Waals surface area contributed by atoms with E-state index in [0.717, 1.165) is 4.68 Å². The Labute approximate surface area is 120 Å². The molecule has 10 heteroatoms. The number of benzene rings is 1. The van der Waals surface area contributed by atoms with Gasteiger partial charge in [-0.1, -0.05) is 0 Å². The third kappa shape index (κ3) is 3.88. The summed E-state index contributed by atoms with van der Waals surface area (Å²) >= 11 is 4.77. The molecule has 0 amide bonds. The highest BCUT2D eigenvalue weighted by atomic mass is 32.1. The van der Waals surface area contributed by atoms with Crippen LogP contribution in [0.15, 0.2) is 29.4 Å². The first-order valence-electron chi connectivity index (χ1n) is 5.52. The fourth-order valence-electron chi connectivity index (χ4n) is 1.42. The van der Waals surface area contributed by atoms with Gasteiger partial charge in [-0.3, -0.25) is 0 Å². The van der Waals surface area contributed by atoms with Crippen LogP contribution in [-0.4, -0.2) is 27.7 Å². The van der Waals surface area contributed by atoms with E-state index in [4.69, 9.17) is 12.2 Å². The number of aromatic nitrogens is 3. The molecule has 0 spiro atoms. The molecule has 1 aromatic carbocycles. The molecule has 5 nitrogen and oxygen atoms in total. The average molecular weight is 320 g/mol. The van der Waals surface area contributed by atoms with Crippen LogP contribution in [0.4, 0.5) is 17.6 Å². The van der Waals surface area contributed by atoms with Gasteiger partial charge < -0.3 is 4.74 Å². The molecule has 0 aliphatic heterocycles. The fourth-order valence-corrected chi connectivity index (χ4v) is 1.60. The molecule has 0 bridgehead atoms. The van der Waals surface area contributed by atoms with Gasteiger partial charge in [0.2, 0.25) is 10.6 Å². The van der Waals surface area contributed by atoms with E-state index in [1.54, 1.807) is 0 Å². The molecule has 0 unspecified atom stereocenters. The Morgan fingerprint density at radius 1 is 1.24 bits per heavy atom. The van der Waals surface area contributed by atoms with E-state index in [0.29, 0.717) is 5.56 Å². The molecule has 0 saturated carbocycles. The van der Waals surface area contributed by atoms with Crippen molar-refractivity contribution in [2.24, 2.45) is 5.10 Å². The van der Waals surface area contributed by atoms with Crippen molar-refractivity contribution >= 4 is 18.4 Å². The van der Waals surface area contributed by atoms with Crippen LogP contribution < -0.4 is 4.74 Å². The van der Waals surface area contributed by atoms with Crippen molar-refractivity contribution in [2.45, 2.75) is 13.0 Å². The highest BCUT2D eigenvalue weighted by Gasteiger charge is 2.15. The second-order valence-electron chi connectivity index (χ2n) is 3.69. The Morgan fingerprint density at radius 2 is 1.90 bits per heavy atom. The summed E-state index contributed by atoms with van der Waals surface area (Å²) in [5.74, 6) is -0.635. The van der Waals surface area contributed by atoms with E-state index in [1.807, 2.05) is 0 Å². The Hall–Kier alpha value is -2.23. The van der Waals surface area contributed by atoms with Gasteiger partial charge in [0, 0.05) is 0 Å². The number of nitrogens with zero attached hydrogens (tertiary/aromatic N) is 3. The van der Waals surface area contributed by atoms with Crippen molar-refractivity contribution in [1.29, 1.82) is 0 Å². The molecule has 0 fully saturated rings. The van der Waals surface area contributed by atoms with Crippen LogP contribution >= 0.6 is 12.2 Å². The van der Waals surface area contributed by atoms with E-state index >= 15 is 0 Å². The van der Waals surface area contributed by atoms with E-state index in [2.05, 4.69) is 20.0 Å². The van der Waals surface area contributed by atoms with E-state index < -0.39 is 18.9 Å². The summed E-state index contributed by atoms with van der Waals surface area (Å²) in [6, 6.07) is 5.48. The summed E-state index contributed by atoms with van der Waals surface area (Å²) in [4.78, 5) is 0.